The lowest BCUT2D eigenvalue weighted by atomic mass is 9.98. The van der Waals surface area contributed by atoms with Gasteiger partial charge in [-0.15, -0.1) is 5.10 Å². The Morgan fingerprint density at radius 2 is 1.68 bits per heavy atom. The number of hydrogen-bond acceptors (Lipinski definition) is 3. The quantitative estimate of drug-likeness (QED) is 0.774. The Morgan fingerprint density at radius 1 is 0.947 bits per heavy atom. The van der Waals surface area contributed by atoms with Gasteiger partial charge < -0.3 is 0 Å². The molecule has 4 heteroatoms. The molecule has 0 saturated carbocycles. The van der Waals surface area contributed by atoms with Crippen LogP contribution in [-0.4, -0.2) is 20.6 Å². The smallest absolute Gasteiger partial charge is 0.180 e. The molecule has 3 aromatic rings. The van der Waals surface area contributed by atoms with E-state index in [1.165, 1.54) is 0 Å². The van der Waals surface area contributed by atoms with Crippen LogP contribution in [0, 0.1) is 0 Å². The van der Waals surface area contributed by atoms with E-state index in [1.54, 1.807) is 0 Å². The number of nitrogens with one attached hydrogen (secondary N) is 1. The minimum Gasteiger partial charge on any atom is -0.239 e. The number of aromatic amines is 1. The Kier molecular flexibility index (Phi) is 2.90. The summed E-state index contributed by atoms with van der Waals surface area (Å²) in [6.45, 7) is 3.76. The lowest BCUT2D eigenvalue weighted by molar-refractivity contribution is 0.881. The van der Waals surface area contributed by atoms with E-state index in [2.05, 4.69) is 45.4 Å². The fourth-order valence-corrected chi connectivity index (χ4v) is 2.01. The van der Waals surface area contributed by atoms with Crippen LogP contribution in [0.4, 0.5) is 0 Å². The molecule has 0 unspecified atom stereocenters. The van der Waals surface area contributed by atoms with Gasteiger partial charge in [0.2, 0.25) is 0 Å². The summed E-state index contributed by atoms with van der Waals surface area (Å²) in [6, 6.07) is 16.2. The van der Waals surface area contributed by atoms with Crippen molar-refractivity contribution in [1.29, 1.82) is 0 Å². The molecule has 3 rings (SSSR count). The normalized spacial score (nSPS) is 10.3. The third-order valence-electron chi connectivity index (χ3n) is 2.98. The lowest BCUT2D eigenvalue weighted by Gasteiger charge is -2.07. The van der Waals surface area contributed by atoms with Crippen molar-refractivity contribution in [2.45, 2.75) is 0 Å². The molecule has 0 amide bonds. The van der Waals surface area contributed by atoms with Crippen molar-refractivity contribution in [3.63, 3.8) is 0 Å². The van der Waals surface area contributed by atoms with E-state index in [1.807, 2.05) is 36.4 Å². The third-order valence-corrected chi connectivity index (χ3v) is 2.98. The highest BCUT2D eigenvalue weighted by Crippen LogP contribution is 2.29. The summed E-state index contributed by atoms with van der Waals surface area (Å²) in [5.41, 5.74) is 4.30. The number of benzene rings is 2. The van der Waals surface area contributed by atoms with E-state index in [0.717, 1.165) is 22.3 Å². The molecule has 1 aromatic heterocycles. The van der Waals surface area contributed by atoms with Crippen LogP contribution in [0.2, 0.25) is 0 Å². The maximum absolute atomic E-state index is 3.97. The monoisotopic (exact) mass is 248 g/mol. The predicted octanol–water partition coefficient (Wildman–Crippen LogP) is 3.18. The molecule has 0 spiro atoms. The second-order valence-corrected chi connectivity index (χ2v) is 4.12. The zero-order valence-electron chi connectivity index (χ0n) is 10.2. The molecule has 0 aliphatic carbocycles. The van der Waals surface area contributed by atoms with Crippen molar-refractivity contribution < 1.29 is 0 Å². The molecule has 0 bridgehead atoms. The maximum atomic E-state index is 3.97. The van der Waals surface area contributed by atoms with Gasteiger partial charge in [-0.2, -0.15) is 0 Å². The highest BCUT2D eigenvalue weighted by molar-refractivity contribution is 5.80. The topological polar surface area (TPSA) is 54.5 Å². The molecular weight excluding hydrogens is 236 g/mol. The van der Waals surface area contributed by atoms with Gasteiger partial charge in [-0.25, -0.2) is 5.10 Å². The first kappa shape index (κ1) is 11.3. The Balaban J connectivity index is 2.12. The molecule has 4 nitrogen and oxygen atoms in total. The van der Waals surface area contributed by atoms with Crippen LogP contribution in [0.15, 0.2) is 55.1 Å². The van der Waals surface area contributed by atoms with Gasteiger partial charge in [-0.05, 0) is 27.1 Å². The summed E-state index contributed by atoms with van der Waals surface area (Å²) in [5.74, 6) is 0.670. The first-order valence-corrected chi connectivity index (χ1v) is 5.94. The van der Waals surface area contributed by atoms with Gasteiger partial charge in [-0.3, -0.25) is 0 Å². The highest BCUT2D eigenvalue weighted by atomic mass is 15.5. The number of nitrogens with zero attached hydrogens (tertiary/aromatic N) is 3. The first-order chi connectivity index (χ1) is 9.38. The standard InChI is InChI=1S/C15H12N4/c1-2-11-7-9-12(10-8-11)13-5-3-4-6-14(13)15-16-18-19-17-15/h2-10H,1H2,(H,16,17,18,19). The van der Waals surface area contributed by atoms with Gasteiger partial charge in [0.15, 0.2) is 5.82 Å². The van der Waals surface area contributed by atoms with E-state index in [0.29, 0.717) is 5.82 Å². The van der Waals surface area contributed by atoms with Gasteiger partial charge in [0.1, 0.15) is 0 Å². The number of hydrogen-bond donors (Lipinski definition) is 1. The van der Waals surface area contributed by atoms with Crippen LogP contribution in [0.1, 0.15) is 5.56 Å². The summed E-state index contributed by atoms with van der Waals surface area (Å²) in [7, 11) is 0. The molecule has 2 aromatic carbocycles. The molecule has 0 atom stereocenters. The minimum absolute atomic E-state index is 0.670. The zero-order valence-corrected chi connectivity index (χ0v) is 10.2. The molecule has 0 aliphatic heterocycles. The van der Waals surface area contributed by atoms with E-state index in [-0.39, 0.29) is 0 Å². The fourth-order valence-electron chi connectivity index (χ4n) is 2.01. The van der Waals surface area contributed by atoms with Crippen LogP contribution in [0.25, 0.3) is 28.6 Å². The van der Waals surface area contributed by atoms with Crippen LogP contribution < -0.4 is 0 Å². The minimum atomic E-state index is 0.670. The van der Waals surface area contributed by atoms with E-state index in [9.17, 15) is 0 Å². The first-order valence-electron chi connectivity index (χ1n) is 5.94. The van der Waals surface area contributed by atoms with Crippen molar-refractivity contribution >= 4 is 6.08 Å². The van der Waals surface area contributed by atoms with Crippen LogP contribution >= 0.6 is 0 Å². The third kappa shape index (κ3) is 2.15. The molecule has 0 saturated heterocycles. The van der Waals surface area contributed by atoms with Gasteiger partial charge >= 0.3 is 0 Å². The van der Waals surface area contributed by atoms with Gasteiger partial charge in [0, 0.05) is 5.56 Å². The largest absolute Gasteiger partial charge is 0.239 e. The van der Waals surface area contributed by atoms with Crippen molar-refractivity contribution in [3.8, 4) is 22.5 Å². The number of aromatic nitrogens is 4. The predicted molar refractivity (Wildman–Crippen MR) is 75.1 cm³/mol. The second kappa shape index (κ2) is 4.86. The van der Waals surface area contributed by atoms with Gasteiger partial charge in [-0.1, -0.05) is 61.2 Å². The Labute approximate surface area is 110 Å². The van der Waals surface area contributed by atoms with Gasteiger partial charge in [0.05, 0.1) is 0 Å². The summed E-state index contributed by atoms with van der Waals surface area (Å²) >= 11 is 0. The maximum Gasteiger partial charge on any atom is 0.180 e. The number of rotatable bonds is 3. The molecule has 1 N–H and O–H groups in total. The Morgan fingerprint density at radius 3 is 2.32 bits per heavy atom. The van der Waals surface area contributed by atoms with E-state index >= 15 is 0 Å². The van der Waals surface area contributed by atoms with Crippen molar-refractivity contribution in [2.75, 3.05) is 0 Å². The SMILES string of the molecule is C=Cc1ccc(-c2ccccc2-c2nnn[nH]2)cc1. The molecule has 1 heterocycles. The molecule has 92 valence electrons. The molecule has 0 fully saturated rings. The molecule has 19 heavy (non-hydrogen) atoms. The summed E-state index contributed by atoms with van der Waals surface area (Å²) in [5, 5.41) is 14.0. The lowest BCUT2D eigenvalue weighted by Crippen LogP contribution is -1.87. The van der Waals surface area contributed by atoms with Crippen LogP contribution in [-0.2, 0) is 0 Å². The van der Waals surface area contributed by atoms with Crippen molar-refractivity contribution in [2.24, 2.45) is 0 Å². The van der Waals surface area contributed by atoms with Crippen LogP contribution in [0.5, 0.6) is 0 Å². The van der Waals surface area contributed by atoms with E-state index < -0.39 is 0 Å². The Hall–Kier alpha value is -2.75. The van der Waals surface area contributed by atoms with Crippen molar-refractivity contribution in [3.05, 3.63) is 60.7 Å². The fraction of sp³-hybridized carbons (Fsp3) is 0. The highest BCUT2D eigenvalue weighted by Gasteiger charge is 2.09. The molecular formula is C15H12N4. The molecule has 0 aliphatic rings. The van der Waals surface area contributed by atoms with Gasteiger partial charge in [0.25, 0.3) is 0 Å². The number of tetrazole rings is 1. The van der Waals surface area contributed by atoms with Crippen molar-refractivity contribution in [1.82, 2.24) is 20.6 Å². The second-order valence-electron chi connectivity index (χ2n) is 4.12. The summed E-state index contributed by atoms with van der Waals surface area (Å²) in [6.07, 6.45) is 1.83. The number of H-pyrrole nitrogens is 1. The zero-order chi connectivity index (χ0) is 13.1. The average molecular weight is 248 g/mol. The summed E-state index contributed by atoms with van der Waals surface area (Å²) < 4.78 is 0. The summed E-state index contributed by atoms with van der Waals surface area (Å²) in [4.78, 5) is 0. The van der Waals surface area contributed by atoms with E-state index in [4.69, 9.17) is 0 Å². The Bertz CT molecular complexity index is 684. The molecule has 0 radical (unpaired) electrons. The average Bonchev–Trinajstić information content (AvgIpc) is 3.01. The van der Waals surface area contributed by atoms with Crippen LogP contribution in [0.3, 0.4) is 0 Å².